The minimum Gasteiger partial charge on any atom is -0.657 e. The SMILES string of the molecule is Cc1ccc(-c2c3nc(cc4ccc([n-]4)c(C(CCO)CCO)c4nc(cc5ccc2[n-]5)C=C4)C=C3)cc1.Cc1ccc(-c2c3nc(cc4nc(c(C(CCBr)CCBr)c5ccc(cc6ccc2[nH]6)[nH]5)C=C4)C=C3)cc1.[Zn+2]. The Morgan fingerprint density at radius 2 is 0.883 bits per heavy atom. The van der Waals surface area contributed by atoms with E-state index < -0.39 is 0 Å². The minimum absolute atomic E-state index is 0. The average molecular weight is 1190 g/mol. The van der Waals surface area contributed by atoms with Gasteiger partial charge in [-0.25, -0.2) is 19.9 Å². The molecule has 0 saturated heterocycles. The first-order valence-electron chi connectivity index (χ1n) is 25.8. The van der Waals surface area contributed by atoms with Crippen LogP contribution in [-0.4, -0.2) is 64.0 Å². The molecule has 0 aliphatic carbocycles. The number of alkyl halides is 2. The molecule has 8 aromatic rings. The van der Waals surface area contributed by atoms with Gasteiger partial charge in [0.15, 0.2) is 0 Å². The molecule has 4 N–H and O–H groups in total. The quantitative estimate of drug-likeness (QED) is 0.0697. The van der Waals surface area contributed by atoms with Crippen molar-refractivity contribution in [2.24, 2.45) is 0 Å². The second-order valence-electron chi connectivity index (χ2n) is 19.4. The molecule has 0 spiro atoms. The van der Waals surface area contributed by atoms with Crippen molar-refractivity contribution in [1.82, 2.24) is 39.9 Å². The summed E-state index contributed by atoms with van der Waals surface area (Å²) >= 11 is 7.35. The van der Waals surface area contributed by atoms with Crippen molar-refractivity contribution >= 4 is 125 Å². The Kier molecular flexibility index (Phi) is 16.8. The Morgan fingerprint density at radius 3 is 1.44 bits per heavy atom. The largest absolute Gasteiger partial charge is 2.00 e. The van der Waals surface area contributed by atoms with Gasteiger partial charge in [0.2, 0.25) is 0 Å². The van der Waals surface area contributed by atoms with E-state index in [1.807, 2.05) is 60.7 Å². The molecule has 16 bridgehead atoms. The fourth-order valence-corrected chi connectivity index (χ4v) is 11.5. The summed E-state index contributed by atoms with van der Waals surface area (Å²) in [5.41, 5.74) is 23.5. The fourth-order valence-electron chi connectivity index (χ4n) is 10.4. The zero-order chi connectivity index (χ0) is 52.1. The van der Waals surface area contributed by atoms with Crippen molar-refractivity contribution in [2.45, 2.75) is 51.4 Å². The molecule has 10 heterocycles. The summed E-state index contributed by atoms with van der Waals surface area (Å²) in [6.45, 7) is 4.23. The van der Waals surface area contributed by atoms with Gasteiger partial charge in [-0.2, -0.15) is 0 Å². The molecule has 0 amide bonds. The second-order valence-corrected chi connectivity index (χ2v) is 21.0. The van der Waals surface area contributed by atoms with Crippen LogP contribution in [0.2, 0.25) is 0 Å². The van der Waals surface area contributed by atoms with Crippen LogP contribution in [0.5, 0.6) is 0 Å². The van der Waals surface area contributed by atoms with Crippen molar-refractivity contribution in [3.05, 3.63) is 189 Å². The zero-order valence-corrected chi connectivity index (χ0v) is 49.2. The molecular formula is C64H56Br2N8O2Zn. The molecule has 6 aromatic heterocycles. The Balaban J connectivity index is 0.000000172. The number of aliphatic hydroxyl groups excluding tert-OH is 2. The maximum Gasteiger partial charge on any atom is 2.00 e. The summed E-state index contributed by atoms with van der Waals surface area (Å²) in [5.74, 6) is 0.294. The third kappa shape index (κ3) is 12.0. The van der Waals surface area contributed by atoms with Crippen molar-refractivity contribution in [1.29, 1.82) is 0 Å². The first kappa shape index (κ1) is 53.5. The van der Waals surface area contributed by atoms with E-state index in [1.165, 1.54) is 16.7 Å². The summed E-state index contributed by atoms with van der Waals surface area (Å²) in [5, 5.41) is 21.4. The van der Waals surface area contributed by atoms with E-state index in [0.29, 0.717) is 18.8 Å². The Hall–Kier alpha value is -6.86. The van der Waals surface area contributed by atoms with Crippen molar-refractivity contribution in [3.63, 3.8) is 0 Å². The van der Waals surface area contributed by atoms with Crippen LogP contribution in [0.25, 0.3) is 115 Å². The summed E-state index contributed by atoms with van der Waals surface area (Å²) in [7, 11) is 0. The number of hydrogen-bond acceptors (Lipinski definition) is 6. The maximum absolute atomic E-state index is 9.74. The molecule has 0 radical (unpaired) electrons. The number of nitrogens with one attached hydrogen (secondary N) is 2. The first-order valence-corrected chi connectivity index (χ1v) is 28.0. The molecule has 0 saturated carbocycles. The molecule has 12 rings (SSSR count). The van der Waals surface area contributed by atoms with Gasteiger partial charge in [-0.3, -0.25) is 0 Å². The van der Waals surface area contributed by atoms with Gasteiger partial charge in [0.05, 0.1) is 45.6 Å². The summed E-state index contributed by atoms with van der Waals surface area (Å²) in [6, 6.07) is 41.8. The number of H-pyrrole nitrogens is 2. The minimum atomic E-state index is -0.0756. The summed E-state index contributed by atoms with van der Waals surface area (Å²) in [4.78, 5) is 37.1. The van der Waals surface area contributed by atoms with Gasteiger partial charge < -0.3 is 30.1 Å². The molecule has 380 valence electrons. The number of fused-ring (bicyclic) bond motifs is 16. The molecule has 4 aliphatic rings. The van der Waals surface area contributed by atoms with Crippen LogP contribution < -0.4 is 9.97 Å². The molecule has 0 unspecified atom stereocenters. The number of hydrogen-bond donors (Lipinski definition) is 4. The average Bonchev–Trinajstić information content (AvgIpc) is 4.28. The number of aryl methyl sites for hydroxylation is 2. The van der Waals surface area contributed by atoms with Crippen LogP contribution in [0.3, 0.4) is 0 Å². The molecule has 13 heteroatoms. The van der Waals surface area contributed by atoms with E-state index in [-0.39, 0.29) is 38.6 Å². The number of aliphatic hydroxyl groups is 2. The number of benzene rings is 2. The van der Waals surface area contributed by atoms with Crippen molar-refractivity contribution in [2.75, 3.05) is 23.9 Å². The van der Waals surface area contributed by atoms with Gasteiger partial charge in [-0.1, -0.05) is 128 Å². The molecular weight excluding hydrogens is 1140 g/mol. The van der Waals surface area contributed by atoms with Gasteiger partial charge in [0, 0.05) is 57.1 Å². The van der Waals surface area contributed by atoms with E-state index >= 15 is 0 Å². The first-order chi connectivity index (χ1) is 37.2. The van der Waals surface area contributed by atoms with Gasteiger partial charge >= 0.3 is 19.5 Å². The maximum atomic E-state index is 9.74. The molecule has 77 heavy (non-hydrogen) atoms. The van der Waals surface area contributed by atoms with Crippen LogP contribution >= 0.6 is 31.9 Å². The number of nitrogens with zero attached hydrogens (tertiary/aromatic N) is 6. The standard InChI is InChI=1S/C32H28Br2N4.C32H28N4O2.Zn/c1-20-2-4-21(5-3-20)31-27-10-6-23(35-27)18-25-8-12-29(37-25)32(22(14-16-33)15-17-34)30-13-9-26(38-30)19-24-7-11-28(31)36-24;1-20-2-4-21(5-3-20)31-27-10-6-23(33-27)18-25-8-12-29(35-25)32(22(14-16-37)15-17-38)30-13-9-26(36-30)19-24-7-11-28(31)34-24;/h2-13,18-19,22,35,37H,14-17H2,1H3;2-13,18-19,22,37-38H,14-17H2,1H3;/q;-2;+2. The van der Waals surface area contributed by atoms with Crippen LogP contribution in [0, 0.1) is 13.8 Å². The van der Waals surface area contributed by atoms with E-state index in [9.17, 15) is 10.2 Å². The van der Waals surface area contributed by atoms with Crippen molar-refractivity contribution < 1.29 is 29.7 Å². The van der Waals surface area contributed by atoms with Crippen molar-refractivity contribution in [3.8, 4) is 22.3 Å². The smallest absolute Gasteiger partial charge is 0.657 e. The van der Waals surface area contributed by atoms with Crippen LogP contribution in [0.1, 0.15) is 105 Å². The molecule has 10 nitrogen and oxygen atoms in total. The third-order valence-electron chi connectivity index (χ3n) is 14.1. The van der Waals surface area contributed by atoms with Gasteiger partial charge in [0.25, 0.3) is 0 Å². The fraction of sp³-hybridized carbons (Fsp3) is 0.188. The zero-order valence-electron chi connectivity index (χ0n) is 43.0. The third-order valence-corrected chi connectivity index (χ3v) is 15.0. The van der Waals surface area contributed by atoms with Crippen LogP contribution in [0.4, 0.5) is 0 Å². The Morgan fingerprint density at radius 1 is 0.442 bits per heavy atom. The number of halogens is 2. The monoisotopic (exact) mass is 1190 g/mol. The number of aromatic nitrogens is 8. The van der Waals surface area contributed by atoms with E-state index in [1.54, 1.807) is 0 Å². The van der Waals surface area contributed by atoms with Gasteiger partial charge in [0.1, 0.15) is 0 Å². The van der Waals surface area contributed by atoms with Crippen LogP contribution in [0.15, 0.2) is 121 Å². The van der Waals surface area contributed by atoms with E-state index in [0.717, 1.165) is 141 Å². The van der Waals surface area contributed by atoms with Crippen LogP contribution in [-0.2, 0) is 19.5 Å². The van der Waals surface area contributed by atoms with Gasteiger partial charge in [-0.05, 0) is 159 Å². The second kappa shape index (κ2) is 24.2. The predicted octanol–water partition coefficient (Wildman–Crippen LogP) is 15.0. The normalized spacial score (nSPS) is 12.4. The summed E-state index contributed by atoms with van der Waals surface area (Å²) in [6.07, 6.45) is 19.5. The summed E-state index contributed by atoms with van der Waals surface area (Å²) < 4.78 is 0. The Labute approximate surface area is 477 Å². The topological polar surface area (TPSA) is 152 Å². The molecule has 0 fully saturated rings. The van der Waals surface area contributed by atoms with Gasteiger partial charge in [-0.15, -0.1) is 22.1 Å². The Bertz CT molecular complexity index is 3870. The van der Waals surface area contributed by atoms with E-state index in [4.69, 9.17) is 29.9 Å². The van der Waals surface area contributed by atoms with E-state index in [2.05, 4.69) is 165 Å². The predicted molar refractivity (Wildman–Crippen MR) is 322 cm³/mol. The number of rotatable bonds is 12. The molecule has 0 atom stereocenters. The number of aromatic amines is 2. The molecule has 4 aliphatic heterocycles. The molecule has 2 aromatic carbocycles.